The van der Waals surface area contributed by atoms with E-state index in [4.69, 9.17) is 4.42 Å². The fraction of sp³-hybridized carbons (Fsp3) is 0.435. The summed E-state index contributed by atoms with van der Waals surface area (Å²) in [6.45, 7) is 4.94. The third-order valence-corrected chi connectivity index (χ3v) is 6.59. The molecule has 1 aromatic carbocycles. The van der Waals surface area contributed by atoms with Gasteiger partial charge in [0, 0.05) is 30.8 Å². The molecule has 6 nitrogen and oxygen atoms in total. The quantitative estimate of drug-likeness (QED) is 0.276. The first-order valence-electron chi connectivity index (χ1n) is 10.6. The van der Waals surface area contributed by atoms with Crippen LogP contribution in [0.1, 0.15) is 48.7 Å². The molecule has 158 valence electrons. The normalized spacial score (nSPS) is 14.9. The van der Waals surface area contributed by atoms with Crippen molar-refractivity contribution in [2.24, 2.45) is 5.92 Å². The maximum Gasteiger partial charge on any atom is 0.228 e. The van der Waals surface area contributed by atoms with Gasteiger partial charge < -0.3 is 9.32 Å². The molecule has 0 N–H and O–H groups in total. The van der Waals surface area contributed by atoms with Crippen molar-refractivity contribution < 1.29 is 9.21 Å². The smallest absolute Gasteiger partial charge is 0.228 e. The van der Waals surface area contributed by atoms with Crippen molar-refractivity contribution in [3.05, 3.63) is 60.1 Å². The molecule has 7 heteroatoms. The second-order valence-corrected chi connectivity index (χ2v) is 8.92. The molecule has 0 bridgehead atoms. The van der Waals surface area contributed by atoms with Gasteiger partial charge in [0.25, 0.3) is 0 Å². The van der Waals surface area contributed by atoms with Crippen LogP contribution in [0.3, 0.4) is 0 Å². The first-order chi connectivity index (χ1) is 14.7. The van der Waals surface area contributed by atoms with Gasteiger partial charge in [-0.1, -0.05) is 49.0 Å². The number of carbonyl (C=O) groups is 1. The van der Waals surface area contributed by atoms with Crippen molar-refractivity contribution in [1.82, 2.24) is 14.8 Å². The van der Waals surface area contributed by atoms with Crippen molar-refractivity contribution in [1.29, 1.82) is 0 Å². The van der Waals surface area contributed by atoms with E-state index in [1.807, 2.05) is 42.5 Å². The van der Waals surface area contributed by atoms with Crippen molar-refractivity contribution in [3.63, 3.8) is 0 Å². The molecule has 0 amide bonds. The number of piperidine rings is 1. The topological polar surface area (TPSA) is 64.2 Å². The third kappa shape index (κ3) is 5.14. The Morgan fingerprint density at radius 3 is 2.67 bits per heavy atom. The standard InChI is InChI=1S/C23H28N4O2S/c1-18-11-13-26(14-12-18)22-24-25-23(27(22)17-20-9-5-15-29-20)30-16-6-10-21(28)19-7-3-2-4-8-19/h2-5,7-9,15,18H,6,10-14,16-17H2,1H3. The lowest BCUT2D eigenvalue weighted by Gasteiger charge is -2.31. The van der Waals surface area contributed by atoms with Crippen molar-refractivity contribution in [2.75, 3.05) is 23.7 Å². The van der Waals surface area contributed by atoms with E-state index in [-0.39, 0.29) is 5.78 Å². The summed E-state index contributed by atoms with van der Waals surface area (Å²) in [7, 11) is 0. The predicted molar refractivity (Wildman–Crippen MR) is 119 cm³/mol. The second-order valence-electron chi connectivity index (χ2n) is 7.86. The molecule has 0 aliphatic carbocycles. The Kier molecular flexibility index (Phi) is 6.89. The third-order valence-electron chi connectivity index (χ3n) is 5.53. The molecule has 4 rings (SSSR count). The number of benzene rings is 1. The minimum absolute atomic E-state index is 0.191. The highest BCUT2D eigenvalue weighted by molar-refractivity contribution is 7.99. The van der Waals surface area contributed by atoms with Gasteiger partial charge in [0.2, 0.25) is 5.95 Å². The van der Waals surface area contributed by atoms with Gasteiger partial charge in [0.05, 0.1) is 12.8 Å². The molecule has 0 radical (unpaired) electrons. The van der Waals surface area contributed by atoms with Gasteiger partial charge in [-0.15, -0.1) is 10.2 Å². The van der Waals surface area contributed by atoms with Crippen LogP contribution < -0.4 is 4.90 Å². The minimum atomic E-state index is 0.191. The number of carbonyl (C=O) groups excluding carboxylic acids is 1. The lowest BCUT2D eigenvalue weighted by atomic mass is 10.00. The van der Waals surface area contributed by atoms with Crippen molar-refractivity contribution in [2.45, 2.75) is 44.3 Å². The zero-order chi connectivity index (χ0) is 20.8. The average molecular weight is 425 g/mol. The SMILES string of the molecule is CC1CCN(c2nnc(SCCCC(=O)c3ccccc3)n2Cc2ccco2)CC1. The average Bonchev–Trinajstić information content (AvgIpc) is 3.43. The summed E-state index contributed by atoms with van der Waals surface area (Å²) in [4.78, 5) is 14.6. The van der Waals surface area contributed by atoms with Crippen molar-refractivity contribution >= 4 is 23.5 Å². The molecule has 0 atom stereocenters. The number of hydrogen-bond acceptors (Lipinski definition) is 6. The number of hydrogen-bond donors (Lipinski definition) is 0. The Morgan fingerprint density at radius 1 is 1.13 bits per heavy atom. The molecule has 0 saturated carbocycles. The molecule has 30 heavy (non-hydrogen) atoms. The van der Waals surface area contributed by atoms with E-state index in [0.717, 1.165) is 53.6 Å². The van der Waals surface area contributed by atoms with E-state index < -0.39 is 0 Å². The van der Waals surface area contributed by atoms with Gasteiger partial charge in [-0.05, 0) is 37.3 Å². The van der Waals surface area contributed by atoms with Gasteiger partial charge in [-0.3, -0.25) is 9.36 Å². The molecule has 1 aliphatic rings. The highest BCUT2D eigenvalue weighted by atomic mass is 32.2. The Bertz CT molecular complexity index is 932. The molecule has 3 heterocycles. The summed E-state index contributed by atoms with van der Waals surface area (Å²) in [6, 6.07) is 13.4. The van der Waals surface area contributed by atoms with Gasteiger partial charge in [0.15, 0.2) is 10.9 Å². The van der Waals surface area contributed by atoms with E-state index in [2.05, 4.69) is 26.6 Å². The van der Waals surface area contributed by atoms with Gasteiger partial charge >= 0.3 is 0 Å². The van der Waals surface area contributed by atoms with Crippen molar-refractivity contribution in [3.8, 4) is 0 Å². The highest BCUT2D eigenvalue weighted by Gasteiger charge is 2.23. The monoisotopic (exact) mass is 424 g/mol. The van der Waals surface area contributed by atoms with E-state index in [0.29, 0.717) is 13.0 Å². The van der Waals surface area contributed by atoms with Crippen LogP contribution in [-0.4, -0.2) is 39.4 Å². The summed E-state index contributed by atoms with van der Waals surface area (Å²) < 4.78 is 7.73. The van der Waals surface area contributed by atoms with Crippen LogP contribution in [-0.2, 0) is 6.54 Å². The summed E-state index contributed by atoms with van der Waals surface area (Å²) in [5.41, 5.74) is 0.782. The Morgan fingerprint density at radius 2 is 1.93 bits per heavy atom. The molecule has 0 spiro atoms. The lowest BCUT2D eigenvalue weighted by Crippen LogP contribution is -2.35. The number of anilines is 1. The van der Waals surface area contributed by atoms with Crippen LogP contribution >= 0.6 is 11.8 Å². The molecule has 1 aliphatic heterocycles. The van der Waals surface area contributed by atoms with Gasteiger partial charge in [-0.2, -0.15) is 0 Å². The Balaban J connectivity index is 1.40. The van der Waals surface area contributed by atoms with Crippen LogP contribution in [0.5, 0.6) is 0 Å². The zero-order valence-electron chi connectivity index (χ0n) is 17.4. The first-order valence-corrected chi connectivity index (χ1v) is 11.6. The van der Waals surface area contributed by atoms with Gasteiger partial charge in [-0.25, -0.2) is 0 Å². The molecule has 1 saturated heterocycles. The number of thioether (sulfide) groups is 1. The number of furan rings is 1. The predicted octanol–water partition coefficient (Wildman–Crippen LogP) is 4.91. The largest absolute Gasteiger partial charge is 0.467 e. The fourth-order valence-corrected chi connectivity index (χ4v) is 4.56. The Hall–Kier alpha value is -2.54. The number of Topliss-reactive ketones (excluding diaryl/α,β-unsaturated/α-hetero) is 1. The summed E-state index contributed by atoms with van der Waals surface area (Å²) in [6.07, 6.45) is 5.40. The van der Waals surface area contributed by atoms with E-state index >= 15 is 0 Å². The fourth-order valence-electron chi connectivity index (χ4n) is 3.69. The molecular weight excluding hydrogens is 396 g/mol. The number of ketones is 1. The molecule has 2 aromatic heterocycles. The van der Waals surface area contributed by atoms with E-state index in [9.17, 15) is 4.79 Å². The zero-order valence-corrected chi connectivity index (χ0v) is 18.2. The van der Waals surface area contributed by atoms with Gasteiger partial charge in [0.1, 0.15) is 5.76 Å². The highest BCUT2D eigenvalue weighted by Crippen LogP contribution is 2.27. The maximum atomic E-state index is 12.3. The summed E-state index contributed by atoms with van der Waals surface area (Å²) in [5.74, 6) is 3.59. The van der Waals surface area contributed by atoms with Crippen LogP contribution in [0.4, 0.5) is 5.95 Å². The molecule has 0 unspecified atom stereocenters. The Labute approximate surface area is 181 Å². The van der Waals surface area contributed by atoms with E-state index in [1.54, 1.807) is 18.0 Å². The van der Waals surface area contributed by atoms with E-state index in [1.165, 1.54) is 12.8 Å². The van der Waals surface area contributed by atoms with Crippen LogP contribution in [0, 0.1) is 5.92 Å². The first kappa shape index (κ1) is 20.7. The molecule has 1 fully saturated rings. The molecular formula is C23H28N4O2S. The number of rotatable bonds is 9. The summed E-state index contributed by atoms with van der Waals surface area (Å²) in [5, 5.41) is 9.87. The van der Waals surface area contributed by atoms with Crippen LogP contribution in [0.2, 0.25) is 0 Å². The second kappa shape index (κ2) is 9.98. The number of nitrogens with zero attached hydrogens (tertiary/aromatic N) is 4. The van der Waals surface area contributed by atoms with Crippen LogP contribution in [0.25, 0.3) is 0 Å². The lowest BCUT2D eigenvalue weighted by molar-refractivity contribution is 0.0982. The number of aromatic nitrogens is 3. The summed E-state index contributed by atoms with van der Waals surface area (Å²) >= 11 is 1.66. The van der Waals surface area contributed by atoms with Crippen LogP contribution in [0.15, 0.2) is 58.3 Å². The minimum Gasteiger partial charge on any atom is -0.467 e. The maximum absolute atomic E-state index is 12.3. The molecule has 3 aromatic rings.